The van der Waals surface area contributed by atoms with E-state index in [1.165, 1.54) is 5.56 Å². The molecule has 0 bridgehead atoms. The molecule has 0 aliphatic carbocycles. The molecule has 1 aromatic rings. The van der Waals surface area contributed by atoms with Crippen LogP contribution >= 0.6 is 0 Å². The van der Waals surface area contributed by atoms with Crippen molar-refractivity contribution in [3.63, 3.8) is 0 Å². The van der Waals surface area contributed by atoms with Crippen molar-refractivity contribution in [2.75, 3.05) is 13.1 Å². The number of hydrogen-bond acceptors (Lipinski definition) is 4. The molecule has 1 N–H and O–H groups in total. The van der Waals surface area contributed by atoms with E-state index >= 15 is 0 Å². The Kier molecular flexibility index (Phi) is 4.13. The Hall–Kier alpha value is -1.84. The first kappa shape index (κ1) is 11.6. The van der Waals surface area contributed by atoms with Crippen LogP contribution in [0.4, 0.5) is 0 Å². The molecule has 90 valence electrons. The van der Waals surface area contributed by atoms with E-state index in [0.29, 0.717) is 12.3 Å². The molecule has 0 unspecified atom stereocenters. The second kappa shape index (κ2) is 6.03. The summed E-state index contributed by atoms with van der Waals surface area (Å²) >= 11 is 0. The number of hydrogen-bond donors (Lipinski definition) is 1. The fourth-order valence-electron chi connectivity index (χ4n) is 1.75. The number of benzene rings is 1. The molecule has 0 spiro atoms. The van der Waals surface area contributed by atoms with Gasteiger partial charge in [-0.2, -0.15) is 5.11 Å². The highest BCUT2D eigenvalue weighted by Gasteiger charge is 2.00. The van der Waals surface area contributed by atoms with Crippen molar-refractivity contribution < 1.29 is 5.11 Å². The molecule has 2 rings (SSSR count). The van der Waals surface area contributed by atoms with Gasteiger partial charge in [-0.3, -0.25) is 5.01 Å². The highest BCUT2D eigenvalue weighted by Crippen LogP contribution is 2.12. The van der Waals surface area contributed by atoms with Gasteiger partial charge in [0.1, 0.15) is 5.75 Å². The van der Waals surface area contributed by atoms with Gasteiger partial charge in [0, 0.05) is 12.7 Å². The quantitative estimate of drug-likeness (QED) is 0.792. The number of nitrogens with zero attached hydrogens (tertiary/aromatic N) is 3. The molecule has 4 heteroatoms. The first-order valence-electron chi connectivity index (χ1n) is 5.93. The summed E-state index contributed by atoms with van der Waals surface area (Å²) < 4.78 is 0. The van der Waals surface area contributed by atoms with E-state index in [2.05, 4.69) is 10.3 Å². The first-order chi connectivity index (χ1) is 8.34. The zero-order valence-corrected chi connectivity index (χ0v) is 9.79. The van der Waals surface area contributed by atoms with Crippen LogP contribution in [-0.2, 0) is 6.42 Å². The number of rotatable bonds is 5. The van der Waals surface area contributed by atoms with Crippen molar-refractivity contribution in [2.24, 2.45) is 10.3 Å². The van der Waals surface area contributed by atoms with E-state index in [4.69, 9.17) is 5.11 Å². The molecular weight excluding hydrogens is 214 g/mol. The molecule has 4 nitrogen and oxygen atoms in total. The van der Waals surface area contributed by atoms with Crippen molar-refractivity contribution in [3.05, 3.63) is 42.1 Å². The van der Waals surface area contributed by atoms with Gasteiger partial charge in [-0.15, -0.1) is 0 Å². The zero-order valence-electron chi connectivity index (χ0n) is 9.79. The molecular formula is C13H17N3O. The van der Waals surface area contributed by atoms with Gasteiger partial charge in [0.15, 0.2) is 0 Å². The minimum absolute atomic E-state index is 0.326. The van der Waals surface area contributed by atoms with Crippen LogP contribution in [0.15, 0.2) is 46.9 Å². The summed E-state index contributed by atoms with van der Waals surface area (Å²) in [6.07, 6.45) is 7.23. The lowest BCUT2D eigenvalue weighted by Gasteiger charge is -2.14. The maximum absolute atomic E-state index is 9.16. The Morgan fingerprint density at radius 3 is 2.71 bits per heavy atom. The smallest absolute Gasteiger partial charge is 0.115 e. The van der Waals surface area contributed by atoms with Crippen molar-refractivity contribution in [2.45, 2.75) is 19.3 Å². The monoisotopic (exact) mass is 231 g/mol. The van der Waals surface area contributed by atoms with E-state index in [1.54, 1.807) is 12.1 Å². The topological polar surface area (TPSA) is 48.2 Å². The largest absolute Gasteiger partial charge is 0.508 e. The number of aryl methyl sites for hydroxylation is 1. The predicted molar refractivity (Wildman–Crippen MR) is 66.6 cm³/mol. The van der Waals surface area contributed by atoms with Gasteiger partial charge in [-0.05, 0) is 43.0 Å². The van der Waals surface area contributed by atoms with Crippen molar-refractivity contribution >= 4 is 0 Å². The number of aromatic hydroxyl groups is 1. The van der Waals surface area contributed by atoms with E-state index in [1.807, 2.05) is 29.4 Å². The zero-order chi connectivity index (χ0) is 11.9. The van der Waals surface area contributed by atoms with Crippen LogP contribution in [0.1, 0.15) is 18.4 Å². The summed E-state index contributed by atoms with van der Waals surface area (Å²) in [4.78, 5) is 0. The van der Waals surface area contributed by atoms with Gasteiger partial charge in [-0.25, -0.2) is 0 Å². The molecule has 17 heavy (non-hydrogen) atoms. The lowest BCUT2D eigenvalue weighted by molar-refractivity contribution is 0.349. The van der Waals surface area contributed by atoms with E-state index in [-0.39, 0.29) is 0 Å². The Morgan fingerprint density at radius 1 is 1.18 bits per heavy atom. The van der Waals surface area contributed by atoms with Crippen LogP contribution in [-0.4, -0.2) is 23.2 Å². The fourth-order valence-corrected chi connectivity index (χ4v) is 1.75. The van der Waals surface area contributed by atoms with E-state index < -0.39 is 0 Å². The van der Waals surface area contributed by atoms with Crippen molar-refractivity contribution in [1.29, 1.82) is 0 Å². The molecule has 0 saturated carbocycles. The third kappa shape index (κ3) is 3.90. The van der Waals surface area contributed by atoms with Crippen LogP contribution < -0.4 is 0 Å². The molecule has 1 aliphatic rings. The van der Waals surface area contributed by atoms with Crippen LogP contribution in [0.2, 0.25) is 0 Å². The fraction of sp³-hybridized carbons (Fsp3) is 0.385. The van der Waals surface area contributed by atoms with Gasteiger partial charge < -0.3 is 5.11 Å². The minimum Gasteiger partial charge on any atom is -0.508 e. The standard InChI is InChI=1S/C13H17N3O/c17-13-7-5-12(6-8-13)4-1-2-10-16-11-3-9-14-15-16/h3,5-8,11,17H,1-2,4,9-10H2. The number of unbranched alkanes of at least 4 members (excludes halogenated alkanes) is 1. The second-order valence-electron chi connectivity index (χ2n) is 4.08. The Bertz CT molecular complexity index is 386. The summed E-state index contributed by atoms with van der Waals surface area (Å²) in [6.45, 7) is 1.61. The van der Waals surface area contributed by atoms with Crippen molar-refractivity contribution in [1.82, 2.24) is 5.01 Å². The number of phenols is 1. The van der Waals surface area contributed by atoms with Crippen LogP contribution in [0, 0.1) is 0 Å². The first-order valence-corrected chi connectivity index (χ1v) is 5.93. The average molecular weight is 231 g/mol. The highest BCUT2D eigenvalue weighted by atomic mass is 16.3. The third-order valence-corrected chi connectivity index (χ3v) is 2.68. The Morgan fingerprint density at radius 2 is 2.00 bits per heavy atom. The SMILES string of the molecule is Oc1ccc(CCCCN2C=CCN=N2)cc1. The molecule has 1 aromatic carbocycles. The summed E-state index contributed by atoms with van der Waals surface area (Å²) in [5.74, 6) is 0.326. The van der Waals surface area contributed by atoms with E-state index in [9.17, 15) is 0 Å². The van der Waals surface area contributed by atoms with E-state index in [0.717, 1.165) is 25.8 Å². The normalized spacial score (nSPS) is 14.2. The van der Waals surface area contributed by atoms with Gasteiger partial charge in [0.2, 0.25) is 0 Å². The molecule has 0 radical (unpaired) electrons. The van der Waals surface area contributed by atoms with Crippen LogP contribution in [0.25, 0.3) is 0 Å². The Balaban J connectivity index is 1.66. The molecule has 0 atom stereocenters. The molecule has 0 aromatic heterocycles. The minimum atomic E-state index is 0.326. The summed E-state index contributed by atoms with van der Waals surface area (Å²) in [5.41, 5.74) is 1.26. The molecule has 1 aliphatic heterocycles. The van der Waals surface area contributed by atoms with Gasteiger partial charge in [-0.1, -0.05) is 17.4 Å². The molecule has 1 heterocycles. The lowest BCUT2D eigenvalue weighted by Crippen LogP contribution is -2.13. The molecule has 0 saturated heterocycles. The third-order valence-electron chi connectivity index (χ3n) is 2.68. The highest BCUT2D eigenvalue weighted by molar-refractivity contribution is 5.25. The average Bonchev–Trinajstić information content (AvgIpc) is 2.38. The maximum Gasteiger partial charge on any atom is 0.115 e. The van der Waals surface area contributed by atoms with Crippen LogP contribution in [0.5, 0.6) is 5.75 Å². The Labute approximate surface area is 101 Å². The van der Waals surface area contributed by atoms with Gasteiger partial charge >= 0.3 is 0 Å². The maximum atomic E-state index is 9.16. The lowest BCUT2D eigenvalue weighted by atomic mass is 10.1. The van der Waals surface area contributed by atoms with Crippen LogP contribution in [0.3, 0.4) is 0 Å². The van der Waals surface area contributed by atoms with Gasteiger partial charge in [0.25, 0.3) is 0 Å². The second-order valence-corrected chi connectivity index (χ2v) is 4.08. The summed E-state index contributed by atoms with van der Waals surface area (Å²) in [5, 5.41) is 19.0. The van der Waals surface area contributed by atoms with Crippen molar-refractivity contribution in [3.8, 4) is 5.75 Å². The molecule has 0 amide bonds. The molecule has 0 fully saturated rings. The summed E-state index contributed by atoms with van der Waals surface area (Å²) in [6, 6.07) is 7.40. The number of phenolic OH excluding ortho intramolecular Hbond substituents is 1. The summed E-state index contributed by atoms with van der Waals surface area (Å²) in [7, 11) is 0. The predicted octanol–water partition coefficient (Wildman–Crippen LogP) is 2.91. The van der Waals surface area contributed by atoms with Gasteiger partial charge in [0.05, 0.1) is 6.54 Å².